The molecule has 3 heteroatoms. The van der Waals surface area contributed by atoms with Crippen molar-refractivity contribution in [1.82, 2.24) is 4.90 Å². The van der Waals surface area contributed by atoms with Crippen molar-refractivity contribution in [2.24, 2.45) is 0 Å². The number of nitrogens with zero attached hydrogens (tertiary/aromatic N) is 1. The molecule has 0 aromatic heterocycles. The highest BCUT2D eigenvalue weighted by molar-refractivity contribution is 5.75. The van der Waals surface area contributed by atoms with Crippen LogP contribution in [0.4, 0.5) is 0 Å². The highest BCUT2D eigenvalue weighted by atomic mass is 16.5. The lowest BCUT2D eigenvalue weighted by Crippen LogP contribution is -2.33. The van der Waals surface area contributed by atoms with E-state index in [1.807, 2.05) is 0 Å². The lowest BCUT2D eigenvalue weighted by molar-refractivity contribution is -0.117. The summed E-state index contributed by atoms with van der Waals surface area (Å²) in [5.74, 6) is 0.295. The number of carbonyl (C=O) groups is 1. The van der Waals surface area contributed by atoms with Crippen LogP contribution in [0.5, 0.6) is 0 Å². The Bertz CT molecular complexity index is 188. The summed E-state index contributed by atoms with van der Waals surface area (Å²) in [6.45, 7) is 7.87. The van der Waals surface area contributed by atoms with Gasteiger partial charge in [0, 0.05) is 19.6 Å². The van der Waals surface area contributed by atoms with E-state index < -0.39 is 0 Å². The topological polar surface area (TPSA) is 29.5 Å². The van der Waals surface area contributed by atoms with Crippen LogP contribution in [-0.2, 0) is 9.53 Å². The molecule has 3 nitrogen and oxygen atoms in total. The number of ether oxygens (including phenoxy) is 1. The summed E-state index contributed by atoms with van der Waals surface area (Å²) in [7, 11) is 0. The Morgan fingerprint density at radius 3 is 2.87 bits per heavy atom. The molecule has 0 aromatic rings. The molecule has 0 spiro atoms. The number of carbonyl (C=O) groups excluding carboxylic acids is 1. The monoisotopic (exact) mass is 213 g/mol. The molecule has 1 rings (SSSR count). The van der Waals surface area contributed by atoms with E-state index in [2.05, 4.69) is 11.8 Å². The molecule has 1 aliphatic heterocycles. The van der Waals surface area contributed by atoms with Gasteiger partial charge >= 0.3 is 0 Å². The van der Waals surface area contributed by atoms with Gasteiger partial charge < -0.3 is 14.4 Å². The van der Waals surface area contributed by atoms with Crippen LogP contribution in [0.25, 0.3) is 0 Å². The average molecular weight is 213 g/mol. The van der Waals surface area contributed by atoms with E-state index in [4.69, 9.17) is 4.74 Å². The molecule has 0 N–H and O–H groups in total. The highest BCUT2D eigenvalue weighted by Gasteiger charge is 2.17. The number of hydrogen-bond donors (Lipinski definition) is 0. The molecule has 0 bridgehead atoms. The van der Waals surface area contributed by atoms with E-state index in [1.54, 1.807) is 6.92 Å². The molecule has 15 heavy (non-hydrogen) atoms. The Labute approximate surface area is 92.8 Å². The van der Waals surface area contributed by atoms with Crippen LogP contribution in [-0.4, -0.2) is 43.0 Å². The zero-order valence-electron chi connectivity index (χ0n) is 10.00. The standard InChI is InChI=1S/C12H23NO2/c1-3-13(8-4-6-11(2)14)10-12-7-5-9-15-12/h12H,3-10H2,1-2H3. The number of likely N-dealkylation sites (N-methyl/N-ethyl adjacent to an activating group) is 1. The van der Waals surface area contributed by atoms with Crippen molar-refractivity contribution in [3.05, 3.63) is 0 Å². The fraction of sp³-hybridized carbons (Fsp3) is 0.917. The van der Waals surface area contributed by atoms with E-state index in [9.17, 15) is 4.79 Å². The Kier molecular flexibility index (Phi) is 5.88. The van der Waals surface area contributed by atoms with Crippen molar-refractivity contribution < 1.29 is 9.53 Å². The van der Waals surface area contributed by atoms with Gasteiger partial charge in [0.2, 0.25) is 0 Å². The van der Waals surface area contributed by atoms with Crippen molar-refractivity contribution in [3.8, 4) is 0 Å². The van der Waals surface area contributed by atoms with Gasteiger partial charge in [-0.3, -0.25) is 0 Å². The van der Waals surface area contributed by atoms with E-state index in [-0.39, 0.29) is 0 Å². The summed E-state index contributed by atoms with van der Waals surface area (Å²) in [6, 6.07) is 0. The van der Waals surface area contributed by atoms with Crippen molar-refractivity contribution in [1.29, 1.82) is 0 Å². The van der Waals surface area contributed by atoms with Crippen LogP contribution in [0, 0.1) is 0 Å². The van der Waals surface area contributed by atoms with Gasteiger partial charge in [0.1, 0.15) is 5.78 Å². The van der Waals surface area contributed by atoms with Crippen LogP contribution in [0.15, 0.2) is 0 Å². The minimum atomic E-state index is 0.295. The molecule has 0 aliphatic carbocycles. The number of hydrogen-bond acceptors (Lipinski definition) is 3. The molecule has 1 atom stereocenters. The number of ketones is 1. The fourth-order valence-electron chi connectivity index (χ4n) is 2.01. The van der Waals surface area contributed by atoms with Crippen LogP contribution in [0.3, 0.4) is 0 Å². The van der Waals surface area contributed by atoms with Crippen LogP contribution in [0.2, 0.25) is 0 Å². The number of rotatable bonds is 7. The minimum Gasteiger partial charge on any atom is -0.377 e. The second kappa shape index (κ2) is 6.96. The summed E-state index contributed by atoms with van der Waals surface area (Å²) in [6.07, 6.45) is 4.53. The van der Waals surface area contributed by atoms with Crippen molar-refractivity contribution in [2.45, 2.75) is 45.6 Å². The SMILES string of the molecule is CCN(CCCC(C)=O)CC1CCCO1. The van der Waals surface area contributed by atoms with Gasteiger partial charge in [-0.25, -0.2) is 0 Å². The summed E-state index contributed by atoms with van der Waals surface area (Å²) in [5, 5.41) is 0. The third-order valence-corrected chi connectivity index (χ3v) is 2.94. The maximum Gasteiger partial charge on any atom is 0.129 e. The van der Waals surface area contributed by atoms with Gasteiger partial charge in [-0.2, -0.15) is 0 Å². The van der Waals surface area contributed by atoms with Crippen molar-refractivity contribution >= 4 is 5.78 Å². The quantitative estimate of drug-likeness (QED) is 0.646. The first-order valence-electron chi connectivity index (χ1n) is 6.05. The van der Waals surface area contributed by atoms with Crippen molar-refractivity contribution in [3.63, 3.8) is 0 Å². The first kappa shape index (κ1) is 12.7. The Morgan fingerprint density at radius 2 is 2.33 bits per heavy atom. The van der Waals surface area contributed by atoms with Crippen LogP contribution in [0.1, 0.15) is 39.5 Å². The predicted molar refractivity (Wildman–Crippen MR) is 61.0 cm³/mol. The third kappa shape index (κ3) is 5.28. The molecule has 0 saturated carbocycles. The second-order valence-corrected chi connectivity index (χ2v) is 4.33. The molecular weight excluding hydrogens is 190 g/mol. The molecule has 1 fully saturated rings. The number of Topliss-reactive ketones (excluding diaryl/α,β-unsaturated/α-hetero) is 1. The summed E-state index contributed by atoms with van der Waals surface area (Å²) in [5.41, 5.74) is 0. The fourth-order valence-corrected chi connectivity index (χ4v) is 2.01. The predicted octanol–water partition coefficient (Wildman–Crippen LogP) is 1.86. The van der Waals surface area contributed by atoms with Crippen LogP contribution >= 0.6 is 0 Å². The van der Waals surface area contributed by atoms with E-state index in [0.29, 0.717) is 18.3 Å². The second-order valence-electron chi connectivity index (χ2n) is 4.33. The normalized spacial score (nSPS) is 21.1. The maximum absolute atomic E-state index is 10.8. The van der Waals surface area contributed by atoms with Gasteiger partial charge in [0.25, 0.3) is 0 Å². The molecule has 88 valence electrons. The minimum absolute atomic E-state index is 0.295. The molecule has 1 heterocycles. The zero-order chi connectivity index (χ0) is 11.1. The first-order chi connectivity index (χ1) is 7.22. The van der Waals surface area contributed by atoms with Crippen LogP contribution < -0.4 is 0 Å². The van der Waals surface area contributed by atoms with E-state index in [0.717, 1.165) is 32.7 Å². The molecule has 0 amide bonds. The van der Waals surface area contributed by atoms with Gasteiger partial charge in [0.05, 0.1) is 6.10 Å². The van der Waals surface area contributed by atoms with Gasteiger partial charge in [-0.15, -0.1) is 0 Å². The third-order valence-electron chi connectivity index (χ3n) is 2.94. The molecular formula is C12H23NO2. The first-order valence-corrected chi connectivity index (χ1v) is 6.05. The average Bonchev–Trinajstić information content (AvgIpc) is 2.68. The maximum atomic E-state index is 10.8. The summed E-state index contributed by atoms with van der Waals surface area (Å²) < 4.78 is 5.60. The Hall–Kier alpha value is -0.410. The molecule has 1 saturated heterocycles. The van der Waals surface area contributed by atoms with E-state index in [1.165, 1.54) is 12.8 Å². The molecule has 1 unspecified atom stereocenters. The van der Waals surface area contributed by atoms with Crippen molar-refractivity contribution in [2.75, 3.05) is 26.2 Å². The lowest BCUT2D eigenvalue weighted by Gasteiger charge is -2.23. The largest absolute Gasteiger partial charge is 0.377 e. The van der Waals surface area contributed by atoms with Gasteiger partial charge in [-0.05, 0) is 39.3 Å². The molecule has 1 aliphatic rings. The summed E-state index contributed by atoms with van der Waals surface area (Å²) >= 11 is 0. The van der Waals surface area contributed by atoms with Gasteiger partial charge in [0.15, 0.2) is 0 Å². The van der Waals surface area contributed by atoms with E-state index >= 15 is 0 Å². The smallest absolute Gasteiger partial charge is 0.129 e. The summed E-state index contributed by atoms with van der Waals surface area (Å²) in [4.78, 5) is 13.2. The molecule has 0 aromatic carbocycles. The highest BCUT2D eigenvalue weighted by Crippen LogP contribution is 2.13. The van der Waals surface area contributed by atoms with Gasteiger partial charge in [-0.1, -0.05) is 6.92 Å². The molecule has 0 radical (unpaired) electrons. The Balaban J connectivity index is 2.13. The zero-order valence-corrected chi connectivity index (χ0v) is 10.00. The Morgan fingerprint density at radius 1 is 1.53 bits per heavy atom. The lowest BCUT2D eigenvalue weighted by atomic mass is 10.2.